The van der Waals surface area contributed by atoms with Gasteiger partial charge in [0.15, 0.2) is 0 Å². The zero-order chi connectivity index (χ0) is 9.80. The van der Waals surface area contributed by atoms with E-state index < -0.39 is 0 Å². The van der Waals surface area contributed by atoms with Gasteiger partial charge in [0.05, 0.1) is 6.26 Å². The summed E-state index contributed by atoms with van der Waals surface area (Å²) in [6.45, 7) is 2.36. The molecule has 0 unspecified atom stereocenters. The molecular formula is C11H17NO2. The van der Waals surface area contributed by atoms with Gasteiger partial charge in [-0.25, -0.2) is 0 Å². The fourth-order valence-corrected chi connectivity index (χ4v) is 1.41. The van der Waals surface area contributed by atoms with Crippen LogP contribution < -0.4 is 5.32 Å². The molecule has 1 N–H and O–H groups in total. The molecule has 1 aromatic rings. The highest BCUT2D eigenvalue weighted by Gasteiger charge is 2.21. The largest absolute Gasteiger partial charge is 0.467 e. The van der Waals surface area contributed by atoms with Gasteiger partial charge < -0.3 is 14.5 Å². The van der Waals surface area contributed by atoms with Crippen molar-refractivity contribution in [1.29, 1.82) is 0 Å². The average Bonchev–Trinajstić information content (AvgIpc) is 2.88. The Morgan fingerprint density at radius 1 is 1.57 bits per heavy atom. The molecule has 14 heavy (non-hydrogen) atoms. The Morgan fingerprint density at radius 2 is 2.43 bits per heavy atom. The van der Waals surface area contributed by atoms with E-state index >= 15 is 0 Å². The van der Waals surface area contributed by atoms with Crippen molar-refractivity contribution in [2.24, 2.45) is 5.92 Å². The van der Waals surface area contributed by atoms with E-state index in [1.54, 1.807) is 6.26 Å². The van der Waals surface area contributed by atoms with Crippen LogP contribution in [0.3, 0.4) is 0 Å². The van der Waals surface area contributed by atoms with Crippen molar-refractivity contribution in [2.45, 2.75) is 26.0 Å². The maximum absolute atomic E-state index is 5.52. The molecule has 1 heterocycles. The molecule has 1 aliphatic carbocycles. The van der Waals surface area contributed by atoms with Gasteiger partial charge in [0.2, 0.25) is 0 Å². The zero-order valence-corrected chi connectivity index (χ0v) is 8.58. The standard InChI is InChI=1S/C11H17NO2/c1-12-5-10-4-11(14-7-10)8-13-6-9-2-3-9/h4,7,9,12H,2-3,5-6,8H2,1H3. The Balaban J connectivity index is 1.71. The summed E-state index contributed by atoms with van der Waals surface area (Å²) in [5.74, 6) is 1.75. The van der Waals surface area contributed by atoms with E-state index in [-0.39, 0.29) is 0 Å². The van der Waals surface area contributed by atoms with Gasteiger partial charge in [-0.1, -0.05) is 0 Å². The van der Waals surface area contributed by atoms with E-state index in [0.717, 1.165) is 24.8 Å². The third kappa shape index (κ3) is 2.86. The second-order valence-electron chi connectivity index (χ2n) is 3.91. The summed E-state index contributed by atoms with van der Waals surface area (Å²) in [4.78, 5) is 0. The zero-order valence-electron chi connectivity index (χ0n) is 8.58. The summed E-state index contributed by atoms with van der Waals surface area (Å²) in [5, 5.41) is 3.08. The molecule has 0 radical (unpaired) electrons. The number of rotatable bonds is 6. The molecule has 0 amide bonds. The molecule has 0 atom stereocenters. The molecule has 1 saturated carbocycles. The lowest BCUT2D eigenvalue weighted by atomic mass is 10.3. The molecule has 3 nitrogen and oxygen atoms in total. The molecule has 78 valence electrons. The van der Waals surface area contributed by atoms with Crippen molar-refractivity contribution in [2.75, 3.05) is 13.7 Å². The normalized spacial score (nSPS) is 16.1. The van der Waals surface area contributed by atoms with Crippen LogP contribution in [0.4, 0.5) is 0 Å². The Kier molecular flexibility index (Phi) is 3.22. The van der Waals surface area contributed by atoms with Gasteiger partial charge in [0.1, 0.15) is 12.4 Å². The van der Waals surface area contributed by atoms with E-state index in [1.807, 2.05) is 13.1 Å². The van der Waals surface area contributed by atoms with Crippen molar-refractivity contribution in [3.05, 3.63) is 23.7 Å². The van der Waals surface area contributed by atoms with Gasteiger partial charge >= 0.3 is 0 Å². The van der Waals surface area contributed by atoms with Gasteiger partial charge in [0, 0.05) is 18.7 Å². The van der Waals surface area contributed by atoms with E-state index in [9.17, 15) is 0 Å². The molecule has 0 saturated heterocycles. The summed E-state index contributed by atoms with van der Waals surface area (Å²) < 4.78 is 10.9. The molecule has 1 aromatic heterocycles. The summed E-state index contributed by atoms with van der Waals surface area (Å²) in [5.41, 5.74) is 1.18. The average molecular weight is 195 g/mol. The van der Waals surface area contributed by atoms with Crippen LogP contribution in [0.15, 0.2) is 16.7 Å². The minimum Gasteiger partial charge on any atom is -0.467 e. The minimum absolute atomic E-state index is 0.611. The van der Waals surface area contributed by atoms with Crippen LogP contribution in [-0.4, -0.2) is 13.7 Å². The lowest BCUT2D eigenvalue weighted by Gasteiger charge is -1.98. The maximum atomic E-state index is 5.52. The minimum atomic E-state index is 0.611. The molecule has 0 aliphatic heterocycles. The Labute approximate surface area is 84.4 Å². The molecule has 1 fully saturated rings. The van der Waals surface area contributed by atoms with Crippen molar-refractivity contribution < 1.29 is 9.15 Å². The van der Waals surface area contributed by atoms with Crippen LogP contribution in [0.2, 0.25) is 0 Å². The highest BCUT2D eigenvalue weighted by molar-refractivity contribution is 5.11. The van der Waals surface area contributed by atoms with Crippen LogP contribution in [0.25, 0.3) is 0 Å². The summed E-state index contributed by atoms with van der Waals surface area (Å²) in [6.07, 6.45) is 4.46. The maximum Gasteiger partial charge on any atom is 0.129 e. The Bertz CT molecular complexity index is 279. The Morgan fingerprint density at radius 3 is 3.14 bits per heavy atom. The summed E-state index contributed by atoms with van der Waals surface area (Å²) in [6, 6.07) is 2.05. The van der Waals surface area contributed by atoms with E-state index in [2.05, 4.69) is 5.32 Å². The fourth-order valence-electron chi connectivity index (χ4n) is 1.41. The molecule has 1 aliphatic rings. The van der Waals surface area contributed by atoms with E-state index in [0.29, 0.717) is 6.61 Å². The SMILES string of the molecule is CNCc1coc(COCC2CC2)c1. The van der Waals surface area contributed by atoms with Crippen molar-refractivity contribution in [3.8, 4) is 0 Å². The topological polar surface area (TPSA) is 34.4 Å². The highest BCUT2D eigenvalue weighted by atomic mass is 16.5. The van der Waals surface area contributed by atoms with Crippen molar-refractivity contribution in [1.82, 2.24) is 5.32 Å². The predicted octanol–water partition coefficient (Wildman–Crippen LogP) is 1.93. The monoisotopic (exact) mass is 195 g/mol. The van der Waals surface area contributed by atoms with Crippen molar-refractivity contribution in [3.63, 3.8) is 0 Å². The lowest BCUT2D eigenvalue weighted by molar-refractivity contribution is 0.0973. The van der Waals surface area contributed by atoms with Gasteiger partial charge in [-0.2, -0.15) is 0 Å². The summed E-state index contributed by atoms with van der Waals surface area (Å²) >= 11 is 0. The van der Waals surface area contributed by atoms with E-state index in [4.69, 9.17) is 9.15 Å². The Hall–Kier alpha value is -0.800. The van der Waals surface area contributed by atoms with Gasteiger partial charge in [-0.05, 0) is 31.9 Å². The number of nitrogens with one attached hydrogen (secondary N) is 1. The van der Waals surface area contributed by atoms with Crippen LogP contribution in [0.5, 0.6) is 0 Å². The lowest BCUT2D eigenvalue weighted by Crippen LogP contribution is -2.03. The highest BCUT2D eigenvalue weighted by Crippen LogP contribution is 2.29. The van der Waals surface area contributed by atoms with Gasteiger partial charge in [0.25, 0.3) is 0 Å². The number of hydrogen-bond acceptors (Lipinski definition) is 3. The first kappa shape index (κ1) is 9.74. The van der Waals surface area contributed by atoms with Gasteiger partial charge in [-0.3, -0.25) is 0 Å². The first-order valence-electron chi connectivity index (χ1n) is 5.17. The van der Waals surface area contributed by atoms with Crippen LogP contribution in [-0.2, 0) is 17.9 Å². The second kappa shape index (κ2) is 4.62. The van der Waals surface area contributed by atoms with Crippen LogP contribution in [0, 0.1) is 5.92 Å². The molecule has 2 rings (SSSR count). The third-order valence-electron chi connectivity index (χ3n) is 2.38. The van der Waals surface area contributed by atoms with Crippen LogP contribution in [0.1, 0.15) is 24.2 Å². The molecular weight excluding hydrogens is 178 g/mol. The van der Waals surface area contributed by atoms with Crippen molar-refractivity contribution >= 4 is 0 Å². The quantitative estimate of drug-likeness (QED) is 0.753. The molecule has 0 aromatic carbocycles. The molecule has 3 heteroatoms. The van der Waals surface area contributed by atoms with E-state index in [1.165, 1.54) is 18.4 Å². The number of furan rings is 1. The summed E-state index contributed by atoms with van der Waals surface area (Å²) in [7, 11) is 1.93. The van der Waals surface area contributed by atoms with Crippen LogP contribution >= 0.6 is 0 Å². The van der Waals surface area contributed by atoms with Gasteiger partial charge in [-0.15, -0.1) is 0 Å². The predicted molar refractivity (Wildman–Crippen MR) is 53.9 cm³/mol. The second-order valence-corrected chi connectivity index (χ2v) is 3.91. The number of ether oxygens (including phenoxy) is 1. The smallest absolute Gasteiger partial charge is 0.129 e. The molecule has 0 bridgehead atoms. The molecule has 0 spiro atoms. The number of hydrogen-bond donors (Lipinski definition) is 1. The fraction of sp³-hybridized carbons (Fsp3) is 0.636. The first-order valence-corrected chi connectivity index (χ1v) is 5.17. The third-order valence-corrected chi connectivity index (χ3v) is 2.38. The first-order chi connectivity index (χ1) is 6.88.